The minimum Gasteiger partial charge on any atom is -0.289 e. The molecule has 2 heteroatoms. The van der Waals surface area contributed by atoms with Crippen LogP contribution < -0.4 is 0 Å². The quantitative estimate of drug-likeness (QED) is 0.249. The highest BCUT2D eigenvalue weighted by atomic mass is 16.1. The molecule has 0 fully saturated rings. The Bertz CT molecular complexity index is 1690. The summed E-state index contributed by atoms with van der Waals surface area (Å²) in [6, 6.07) is 25.2. The summed E-state index contributed by atoms with van der Waals surface area (Å²) in [6.07, 6.45) is 3.96. The number of carbonyl (C=O) groups is 2. The molecule has 4 aromatic rings. The van der Waals surface area contributed by atoms with E-state index in [2.05, 4.69) is 70.2 Å². The van der Waals surface area contributed by atoms with E-state index in [1.165, 1.54) is 38.9 Å². The van der Waals surface area contributed by atoms with Gasteiger partial charge in [-0.15, -0.1) is 0 Å². The Morgan fingerprint density at radius 2 is 0.789 bits per heavy atom. The van der Waals surface area contributed by atoms with Crippen LogP contribution >= 0.6 is 0 Å². The van der Waals surface area contributed by atoms with Gasteiger partial charge in [-0.2, -0.15) is 0 Å². The molecule has 3 aliphatic rings. The van der Waals surface area contributed by atoms with E-state index >= 15 is 0 Å². The zero-order valence-electron chi connectivity index (χ0n) is 22.6. The molecular formula is C36H32O2. The van der Waals surface area contributed by atoms with Crippen molar-refractivity contribution in [2.75, 3.05) is 0 Å². The first kappa shape index (κ1) is 23.3. The number of benzene rings is 4. The number of rotatable bonds is 4. The van der Waals surface area contributed by atoms with Crippen molar-refractivity contribution in [1.29, 1.82) is 0 Å². The highest BCUT2D eigenvalue weighted by Gasteiger charge is 2.47. The first-order valence-electron chi connectivity index (χ1n) is 14.1. The summed E-state index contributed by atoms with van der Waals surface area (Å²) in [5.41, 5.74) is 12.4. The smallest absolute Gasteiger partial charge is 0.194 e. The van der Waals surface area contributed by atoms with Crippen LogP contribution in [0, 0.1) is 0 Å². The van der Waals surface area contributed by atoms with Crippen molar-refractivity contribution in [1.82, 2.24) is 0 Å². The molecule has 4 aromatic carbocycles. The molecule has 0 saturated heterocycles. The number of hydrogen-bond donors (Lipinski definition) is 0. The summed E-state index contributed by atoms with van der Waals surface area (Å²) in [5, 5.41) is 0. The Hall–Kier alpha value is -3.78. The van der Waals surface area contributed by atoms with Gasteiger partial charge in [-0.25, -0.2) is 0 Å². The second-order valence-corrected chi connectivity index (χ2v) is 11.2. The molecule has 0 unspecified atom stereocenters. The summed E-state index contributed by atoms with van der Waals surface area (Å²) in [7, 11) is 0. The van der Waals surface area contributed by atoms with Crippen LogP contribution in [0.15, 0.2) is 72.8 Å². The lowest BCUT2D eigenvalue weighted by molar-refractivity contribution is 0.0979. The minimum absolute atomic E-state index is 0.0102. The normalized spacial score (nSPS) is 16.8. The largest absolute Gasteiger partial charge is 0.289 e. The van der Waals surface area contributed by atoms with Gasteiger partial charge in [0.05, 0.1) is 0 Å². The predicted molar refractivity (Wildman–Crippen MR) is 153 cm³/mol. The summed E-state index contributed by atoms with van der Waals surface area (Å²) in [6.45, 7) is 9.12. The van der Waals surface area contributed by atoms with Crippen molar-refractivity contribution in [3.05, 3.63) is 117 Å². The monoisotopic (exact) mass is 496 g/mol. The highest BCUT2D eigenvalue weighted by Crippen LogP contribution is 2.60. The average Bonchev–Trinajstić information content (AvgIpc) is 3.40. The molecule has 0 N–H and O–H groups in total. The Morgan fingerprint density at radius 1 is 0.421 bits per heavy atom. The van der Waals surface area contributed by atoms with Crippen molar-refractivity contribution in [2.45, 2.75) is 64.2 Å². The second-order valence-electron chi connectivity index (χ2n) is 11.2. The van der Waals surface area contributed by atoms with E-state index in [1.54, 1.807) is 12.1 Å². The third-order valence-corrected chi connectivity index (χ3v) is 10.2. The van der Waals surface area contributed by atoms with Crippen molar-refractivity contribution >= 4 is 11.6 Å². The predicted octanol–water partition coefficient (Wildman–Crippen LogP) is 8.64. The zero-order chi connectivity index (χ0) is 26.4. The molecule has 7 rings (SSSR count). The van der Waals surface area contributed by atoms with Gasteiger partial charge in [-0.3, -0.25) is 9.59 Å². The fourth-order valence-electron chi connectivity index (χ4n) is 8.05. The molecule has 0 spiro atoms. The van der Waals surface area contributed by atoms with Gasteiger partial charge in [-0.1, -0.05) is 76.2 Å². The van der Waals surface area contributed by atoms with Crippen molar-refractivity contribution in [3.63, 3.8) is 0 Å². The Morgan fingerprint density at radius 3 is 1.32 bits per heavy atom. The van der Waals surface area contributed by atoms with Gasteiger partial charge in [0, 0.05) is 33.1 Å². The molecule has 2 nitrogen and oxygen atoms in total. The molecule has 0 saturated carbocycles. The lowest BCUT2D eigenvalue weighted by atomic mass is 9.71. The SMILES string of the molecule is CCC1(CC)c2ccccc2-c2cc3c(cc21)-c1cc2c(cc1C3(CC)CC)C(=O)c1ccccc1C2=O. The fourth-order valence-corrected chi connectivity index (χ4v) is 8.05. The molecule has 3 aliphatic carbocycles. The molecule has 0 aliphatic heterocycles. The first-order chi connectivity index (χ1) is 18.5. The van der Waals surface area contributed by atoms with Crippen LogP contribution in [0.2, 0.25) is 0 Å². The molecular weight excluding hydrogens is 464 g/mol. The van der Waals surface area contributed by atoms with E-state index in [4.69, 9.17) is 0 Å². The molecule has 0 heterocycles. The van der Waals surface area contributed by atoms with Crippen LogP contribution in [0.25, 0.3) is 22.3 Å². The summed E-state index contributed by atoms with van der Waals surface area (Å²) >= 11 is 0. The van der Waals surface area contributed by atoms with Crippen LogP contribution in [0.1, 0.15) is 107 Å². The number of fused-ring (bicyclic) bond motifs is 8. The zero-order valence-corrected chi connectivity index (χ0v) is 22.6. The topological polar surface area (TPSA) is 34.1 Å². The maximum atomic E-state index is 13.6. The standard InChI is InChI=1S/C36H32O2/c1-5-35(6-2)29-16-12-11-13-21(29)25-18-31-26(19-30(25)35)24-17-27-28(20-32(24)36(31,7-3)8-4)34(38)23-15-10-9-14-22(23)33(27)37/h9-20H,5-8H2,1-4H3. The number of ketones is 2. The van der Waals surface area contributed by atoms with Crippen LogP contribution in [0.3, 0.4) is 0 Å². The summed E-state index contributed by atoms with van der Waals surface area (Å²) in [5.74, 6) is -0.0856. The minimum atomic E-state index is -0.187. The van der Waals surface area contributed by atoms with Gasteiger partial charge in [-0.05, 0) is 94.5 Å². The Labute approximate surface area is 224 Å². The van der Waals surface area contributed by atoms with E-state index in [0.717, 1.165) is 31.2 Å². The maximum Gasteiger partial charge on any atom is 0.194 e. The van der Waals surface area contributed by atoms with E-state index in [-0.39, 0.29) is 22.4 Å². The van der Waals surface area contributed by atoms with Crippen LogP contribution in [0.5, 0.6) is 0 Å². The molecule has 0 radical (unpaired) electrons. The van der Waals surface area contributed by atoms with Crippen molar-refractivity contribution in [2.24, 2.45) is 0 Å². The van der Waals surface area contributed by atoms with Gasteiger partial charge in [0.25, 0.3) is 0 Å². The van der Waals surface area contributed by atoms with E-state index < -0.39 is 0 Å². The summed E-state index contributed by atoms with van der Waals surface area (Å²) < 4.78 is 0. The van der Waals surface area contributed by atoms with E-state index in [1.807, 2.05) is 18.2 Å². The Balaban J connectivity index is 1.54. The van der Waals surface area contributed by atoms with Gasteiger partial charge < -0.3 is 0 Å². The molecule has 0 atom stereocenters. The molecule has 0 bridgehead atoms. The second kappa shape index (κ2) is 7.86. The van der Waals surface area contributed by atoms with E-state index in [9.17, 15) is 9.59 Å². The van der Waals surface area contributed by atoms with Crippen LogP contribution in [-0.2, 0) is 10.8 Å². The number of hydrogen-bond acceptors (Lipinski definition) is 2. The molecule has 38 heavy (non-hydrogen) atoms. The van der Waals surface area contributed by atoms with Gasteiger partial charge in [0.1, 0.15) is 0 Å². The van der Waals surface area contributed by atoms with E-state index in [0.29, 0.717) is 22.3 Å². The molecule has 0 aromatic heterocycles. The van der Waals surface area contributed by atoms with Crippen LogP contribution in [0.4, 0.5) is 0 Å². The summed E-state index contributed by atoms with van der Waals surface area (Å²) in [4.78, 5) is 27.3. The lowest BCUT2D eigenvalue weighted by Crippen LogP contribution is -2.26. The van der Waals surface area contributed by atoms with Crippen LogP contribution in [-0.4, -0.2) is 11.6 Å². The average molecular weight is 497 g/mol. The fraction of sp³-hybridized carbons (Fsp3) is 0.278. The van der Waals surface area contributed by atoms with Gasteiger partial charge in [0.15, 0.2) is 11.6 Å². The molecule has 188 valence electrons. The maximum absolute atomic E-state index is 13.6. The number of carbonyl (C=O) groups excluding carboxylic acids is 2. The highest BCUT2D eigenvalue weighted by molar-refractivity contribution is 6.29. The van der Waals surface area contributed by atoms with Gasteiger partial charge >= 0.3 is 0 Å². The first-order valence-corrected chi connectivity index (χ1v) is 14.1. The third kappa shape index (κ3) is 2.59. The van der Waals surface area contributed by atoms with Crippen molar-refractivity contribution in [3.8, 4) is 22.3 Å². The Kier molecular flexibility index (Phi) is 4.83. The third-order valence-electron chi connectivity index (χ3n) is 10.2. The lowest BCUT2D eigenvalue weighted by Gasteiger charge is -2.32. The molecule has 0 amide bonds. The van der Waals surface area contributed by atoms with Crippen molar-refractivity contribution < 1.29 is 9.59 Å². The van der Waals surface area contributed by atoms with Gasteiger partial charge in [0.2, 0.25) is 0 Å².